The Kier molecular flexibility index (Phi) is 5.90. The molecule has 7 heteroatoms. The van der Waals surface area contributed by atoms with Gasteiger partial charge in [-0.3, -0.25) is 19.3 Å². The summed E-state index contributed by atoms with van der Waals surface area (Å²) in [4.78, 5) is 46.5. The van der Waals surface area contributed by atoms with Gasteiger partial charge in [0, 0.05) is 11.8 Å². The number of fused-ring (bicyclic) bond motifs is 4. The van der Waals surface area contributed by atoms with Crippen LogP contribution in [0.15, 0.2) is 120 Å². The minimum absolute atomic E-state index is 0.162. The van der Waals surface area contributed by atoms with Gasteiger partial charge in [0.05, 0.1) is 22.4 Å². The molecule has 1 N–H and O–H groups in total. The Bertz CT molecular complexity index is 1940. The van der Waals surface area contributed by atoms with Gasteiger partial charge in [-0.2, -0.15) is 0 Å². The van der Waals surface area contributed by atoms with E-state index >= 15 is 0 Å². The van der Waals surface area contributed by atoms with Gasteiger partial charge < -0.3 is 9.73 Å². The molecule has 6 aromatic rings. The van der Waals surface area contributed by atoms with Crippen LogP contribution in [-0.4, -0.2) is 33.6 Å². The van der Waals surface area contributed by atoms with E-state index in [0.29, 0.717) is 39.4 Å². The Balaban J connectivity index is 1.26. The second kappa shape index (κ2) is 9.88. The van der Waals surface area contributed by atoms with E-state index < -0.39 is 23.8 Å². The number of nitrogens with one attached hydrogen (secondary N) is 1. The third-order valence-corrected chi connectivity index (χ3v) is 7.41. The van der Waals surface area contributed by atoms with E-state index in [1.165, 1.54) is 0 Å². The van der Waals surface area contributed by atoms with Gasteiger partial charge >= 0.3 is 0 Å². The van der Waals surface area contributed by atoms with Crippen molar-refractivity contribution >= 4 is 45.3 Å². The van der Waals surface area contributed by atoms with Crippen LogP contribution < -0.4 is 5.32 Å². The van der Waals surface area contributed by atoms with Crippen LogP contribution in [0.5, 0.6) is 0 Å². The molecule has 0 spiro atoms. The van der Waals surface area contributed by atoms with Crippen LogP contribution in [0.25, 0.3) is 33.3 Å². The molecular weight excluding hydrogens is 514 g/mol. The molecule has 198 valence electrons. The Morgan fingerprint density at radius 3 is 2.12 bits per heavy atom. The predicted molar refractivity (Wildman–Crippen MR) is 156 cm³/mol. The summed E-state index contributed by atoms with van der Waals surface area (Å²) >= 11 is 0. The van der Waals surface area contributed by atoms with Crippen molar-refractivity contribution in [3.8, 4) is 11.5 Å². The number of hydrogen-bond donors (Lipinski definition) is 1. The molecule has 1 unspecified atom stereocenters. The lowest BCUT2D eigenvalue weighted by molar-refractivity contribution is -0.119. The fraction of sp³-hybridized carbons (Fsp3) is 0.0588. The fourth-order valence-electron chi connectivity index (χ4n) is 5.40. The summed E-state index contributed by atoms with van der Waals surface area (Å²) in [6.45, 7) is 0. The molecule has 1 aliphatic rings. The smallest absolute Gasteiger partial charge is 0.262 e. The second-order valence-corrected chi connectivity index (χ2v) is 9.92. The summed E-state index contributed by atoms with van der Waals surface area (Å²) < 4.78 is 6.24. The molecule has 0 saturated heterocycles. The van der Waals surface area contributed by atoms with Crippen molar-refractivity contribution in [3.05, 3.63) is 132 Å². The van der Waals surface area contributed by atoms with E-state index in [1.807, 2.05) is 78.9 Å². The van der Waals surface area contributed by atoms with Crippen LogP contribution in [-0.2, 0) is 11.2 Å². The number of carbonyl (C=O) groups excluding carboxylic acids is 3. The highest BCUT2D eigenvalue weighted by molar-refractivity contribution is 6.23. The van der Waals surface area contributed by atoms with E-state index in [9.17, 15) is 14.4 Å². The number of rotatable bonds is 6. The number of nitrogens with zero attached hydrogens (tertiary/aromatic N) is 2. The van der Waals surface area contributed by atoms with E-state index in [4.69, 9.17) is 9.40 Å². The van der Waals surface area contributed by atoms with Gasteiger partial charge in [-0.05, 0) is 41.3 Å². The SMILES string of the molecule is O=C(Nc1ccccc1-c1nc2ccc3ccccc3c2o1)C(Cc1ccccc1)N1C(=O)c2ccccc2C1=O. The van der Waals surface area contributed by atoms with E-state index in [1.54, 1.807) is 36.4 Å². The van der Waals surface area contributed by atoms with Crippen LogP contribution in [0.3, 0.4) is 0 Å². The van der Waals surface area contributed by atoms with Crippen molar-refractivity contribution < 1.29 is 18.8 Å². The minimum Gasteiger partial charge on any atom is -0.435 e. The molecule has 7 nitrogen and oxygen atoms in total. The van der Waals surface area contributed by atoms with Crippen molar-refractivity contribution in [2.75, 3.05) is 5.32 Å². The minimum atomic E-state index is -1.08. The topological polar surface area (TPSA) is 92.5 Å². The van der Waals surface area contributed by atoms with Gasteiger partial charge in [0.15, 0.2) is 5.58 Å². The van der Waals surface area contributed by atoms with Crippen molar-refractivity contribution in [2.24, 2.45) is 0 Å². The second-order valence-electron chi connectivity index (χ2n) is 9.92. The standard InChI is InChI=1S/C34H23N3O4/c38-31(29(20-21-10-2-1-3-11-21)37-33(39)24-14-6-7-15-25(24)34(37)40)35-27-17-9-8-16-26(27)32-36-28-19-18-22-12-4-5-13-23(22)30(28)41-32/h1-19,29H,20H2,(H,35,38). The number of carbonyl (C=O) groups is 3. The molecule has 1 aliphatic heterocycles. The largest absolute Gasteiger partial charge is 0.435 e. The monoisotopic (exact) mass is 537 g/mol. The average Bonchev–Trinajstić information content (AvgIpc) is 3.56. The van der Waals surface area contributed by atoms with E-state index in [0.717, 1.165) is 21.2 Å². The first-order valence-electron chi connectivity index (χ1n) is 13.3. The molecule has 0 aliphatic carbocycles. The first-order valence-corrected chi connectivity index (χ1v) is 13.3. The van der Waals surface area contributed by atoms with Gasteiger partial charge in [-0.25, -0.2) is 4.98 Å². The summed E-state index contributed by atoms with van der Waals surface area (Å²) in [6.07, 6.45) is 0.162. The van der Waals surface area contributed by atoms with Crippen LogP contribution >= 0.6 is 0 Å². The zero-order chi connectivity index (χ0) is 27.9. The van der Waals surface area contributed by atoms with Crippen molar-refractivity contribution in [1.29, 1.82) is 0 Å². The number of aromatic nitrogens is 1. The molecule has 3 amide bonds. The van der Waals surface area contributed by atoms with Gasteiger partial charge in [-0.1, -0.05) is 84.9 Å². The molecule has 0 bridgehead atoms. The van der Waals surface area contributed by atoms with Crippen LogP contribution in [0, 0.1) is 0 Å². The molecule has 1 atom stereocenters. The highest BCUT2D eigenvalue weighted by Gasteiger charge is 2.42. The van der Waals surface area contributed by atoms with E-state index in [-0.39, 0.29) is 6.42 Å². The molecule has 1 aromatic heterocycles. The van der Waals surface area contributed by atoms with Crippen molar-refractivity contribution in [3.63, 3.8) is 0 Å². The first-order chi connectivity index (χ1) is 20.1. The number of imide groups is 1. The number of amides is 3. The van der Waals surface area contributed by atoms with E-state index in [2.05, 4.69) is 5.32 Å². The number of benzene rings is 5. The fourth-order valence-corrected chi connectivity index (χ4v) is 5.40. The molecular formula is C34H23N3O4. The Hall–Kier alpha value is -5.56. The first kappa shape index (κ1) is 24.5. The summed E-state index contributed by atoms with van der Waals surface area (Å²) in [5, 5.41) is 4.95. The van der Waals surface area contributed by atoms with Crippen LogP contribution in [0.4, 0.5) is 5.69 Å². The molecule has 2 heterocycles. The number of anilines is 1. The van der Waals surface area contributed by atoms with Crippen LogP contribution in [0.1, 0.15) is 26.3 Å². The summed E-state index contributed by atoms with van der Waals surface area (Å²) in [5.74, 6) is -1.11. The molecule has 41 heavy (non-hydrogen) atoms. The summed E-state index contributed by atoms with van der Waals surface area (Å²) in [6, 6.07) is 33.9. The van der Waals surface area contributed by atoms with Gasteiger partial charge in [-0.15, -0.1) is 0 Å². The van der Waals surface area contributed by atoms with Gasteiger partial charge in [0.2, 0.25) is 11.8 Å². The highest BCUT2D eigenvalue weighted by Crippen LogP contribution is 2.34. The maximum absolute atomic E-state index is 14.0. The summed E-state index contributed by atoms with van der Waals surface area (Å²) in [7, 11) is 0. The third-order valence-electron chi connectivity index (χ3n) is 7.41. The van der Waals surface area contributed by atoms with Gasteiger partial charge in [0.1, 0.15) is 11.6 Å². The molecule has 0 radical (unpaired) electrons. The lowest BCUT2D eigenvalue weighted by Gasteiger charge is -2.26. The molecule has 0 fully saturated rings. The number of hydrogen-bond acceptors (Lipinski definition) is 5. The number of oxazole rings is 1. The summed E-state index contributed by atoms with van der Waals surface area (Å²) in [5.41, 5.74) is 3.82. The third kappa shape index (κ3) is 4.24. The predicted octanol–water partition coefficient (Wildman–Crippen LogP) is 6.49. The maximum Gasteiger partial charge on any atom is 0.262 e. The van der Waals surface area contributed by atoms with Crippen LogP contribution in [0.2, 0.25) is 0 Å². The van der Waals surface area contributed by atoms with Crippen molar-refractivity contribution in [1.82, 2.24) is 9.88 Å². The lowest BCUT2D eigenvalue weighted by Crippen LogP contribution is -2.48. The van der Waals surface area contributed by atoms with Crippen molar-refractivity contribution in [2.45, 2.75) is 12.5 Å². The normalized spacial score (nSPS) is 13.5. The Labute approximate surface area is 235 Å². The average molecular weight is 538 g/mol. The Morgan fingerprint density at radius 1 is 0.732 bits per heavy atom. The zero-order valence-electron chi connectivity index (χ0n) is 21.8. The molecule has 5 aromatic carbocycles. The maximum atomic E-state index is 14.0. The lowest BCUT2D eigenvalue weighted by atomic mass is 10.0. The number of para-hydroxylation sites is 1. The highest BCUT2D eigenvalue weighted by atomic mass is 16.3. The quantitative estimate of drug-likeness (QED) is 0.245. The molecule has 0 saturated carbocycles. The zero-order valence-corrected chi connectivity index (χ0v) is 21.8. The Morgan fingerprint density at radius 2 is 1.37 bits per heavy atom. The molecule has 7 rings (SSSR count). The van der Waals surface area contributed by atoms with Gasteiger partial charge in [0.25, 0.3) is 11.8 Å².